The van der Waals surface area contributed by atoms with E-state index in [9.17, 15) is 14.7 Å². The Hall–Kier alpha value is -3.02. The number of aromatic hydroxyl groups is 1. The zero-order valence-corrected chi connectivity index (χ0v) is 17.9. The van der Waals surface area contributed by atoms with Gasteiger partial charge in [-0.1, -0.05) is 38.1 Å². The summed E-state index contributed by atoms with van der Waals surface area (Å²) in [4.78, 5) is 26.8. The molecule has 160 valence electrons. The molecule has 6 nitrogen and oxygen atoms in total. The molecule has 0 spiro atoms. The van der Waals surface area contributed by atoms with Crippen molar-refractivity contribution in [3.05, 3.63) is 53.6 Å². The van der Waals surface area contributed by atoms with Crippen molar-refractivity contribution in [3.8, 4) is 11.5 Å². The van der Waals surface area contributed by atoms with Gasteiger partial charge < -0.3 is 20.1 Å². The minimum absolute atomic E-state index is 0.00284. The summed E-state index contributed by atoms with van der Waals surface area (Å²) in [5.74, 6) is 0.815. The smallest absolute Gasteiger partial charge is 0.260 e. The summed E-state index contributed by atoms with van der Waals surface area (Å²) in [5, 5.41) is 12.6. The molecule has 0 atom stereocenters. The Balaban J connectivity index is 1.49. The highest BCUT2D eigenvalue weighted by Gasteiger charge is 2.28. The van der Waals surface area contributed by atoms with Gasteiger partial charge in [0.15, 0.2) is 6.61 Å². The maximum Gasteiger partial charge on any atom is 0.260 e. The Labute approximate surface area is 177 Å². The third-order valence-corrected chi connectivity index (χ3v) is 5.61. The zero-order valence-electron chi connectivity index (χ0n) is 17.9. The number of carbonyl (C=O) groups is 2. The summed E-state index contributed by atoms with van der Waals surface area (Å²) >= 11 is 0. The van der Waals surface area contributed by atoms with Gasteiger partial charge in [0, 0.05) is 19.0 Å². The van der Waals surface area contributed by atoms with Crippen molar-refractivity contribution < 1.29 is 19.4 Å². The van der Waals surface area contributed by atoms with Crippen molar-refractivity contribution in [2.75, 3.05) is 25.0 Å². The number of phenolic OH excluding ortho intramolecular Hbond substituents is 1. The second-order valence-electron chi connectivity index (χ2n) is 8.13. The SMILES string of the molecule is Cc1ccc(C(C)C)cc1OCC(=O)N1CCC(C(=O)Nc2ccccc2O)CC1. The second-order valence-corrected chi connectivity index (χ2v) is 8.13. The largest absolute Gasteiger partial charge is 0.506 e. The van der Waals surface area contributed by atoms with Crippen LogP contribution in [0.3, 0.4) is 0 Å². The van der Waals surface area contributed by atoms with E-state index in [2.05, 4.69) is 25.2 Å². The molecule has 2 amide bonds. The van der Waals surface area contributed by atoms with Crippen LogP contribution in [0, 0.1) is 12.8 Å². The predicted octanol–water partition coefficient (Wildman–Crippen LogP) is 4.08. The zero-order chi connectivity index (χ0) is 21.7. The van der Waals surface area contributed by atoms with E-state index >= 15 is 0 Å². The topological polar surface area (TPSA) is 78.9 Å². The minimum atomic E-state index is -0.181. The Morgan fingerprint density at radius 1 is 1.17 bits per heavy atom. The molecular formula is C24H30N2O4. The van der Waals surface area contributed by atoms with Gasteiger partial charge in [0.25, 0.3) is 5.91 Å². The maximum atomic E-state index is 12.6. The van der Waals surface area contributed by atoms with Crippen molar-refractivity contribution in [1.82, 2.24) is 4.90 Å². The van der Waals surface area contributed by atoms with Gasteiger partial charge >= 0.3 is 0 Å². The lowest BCUT2D eigenvalue weighted by molar-refractivity contribution is -0.136. The number of likely N-dealkylation sites (tertiary alicyclic amines) is 1. The first-order valence-electron chi connectivity index (χ1n) is 10.4. The lowest BCUT2D eigenvalue weighted by Gasteiger charge is -2.31. The van der Waals surface area contributed by atoms with Crippen molar-refractivity contribution in [2.24, 2.45) is 5.92 Å². The number of carbonyl (C=O) groups excluding carboxylic acids is 2. The summed E-state index contributed by atoms with van der Waals surface area (Å²) < 4.78 is 5.81. The van der Waals surface area contributed by atoms with E-state index in [-0.39, 0.29) is 30.1 Å². The number of rotatable bonds is 6. The van der Waals surface area contributed by atoms with E-state index in [1.54, 1.807) is 23.1 Å². The van der Waals surface area contributed by atoms with E-state index in [0.717, 1.165) is 11.3 Å². The summed E-state index contributed by atoms with van der Waals surface area (Å²) in [5.41, 5.74) is 2.60. The predicted molar refractivity (Wildman–Crippen MR) is 117 cm³/mol. The van der Waals surface area contributed by atoms with E-state index in [0.29, 0.717) is 37.5 Å². The Morgan fingerprint density at radius 2 is 1.87 bits per heavy atom. The molecular weight excluding hydrogens is 380 g/mol. The molecule has 2 N–H and O–H groups in total. The fraction of sp³-hybridized carbons (Fsp3) is 0.417. The number of nitrogens with one attached hydrogen (secondary N) is 1. The molecule has 1 aliphatic heterocycles. The number of amides is 2. The first-order chi connectivity index (χ1) is 14.3. The Kier molecular flexibility index (Phi) is 6.98. The van der Waals surface area contributed by atoms with E-state index < -0.39 is 0 Å². The van der Waals surface area contributed by atoms with E-state index in [4.69, 9.17) is 4.74 Å². The van der Waals surface area contributed by atoms with Crippen molar-refractivity contribution in [3.63, 3.8) is 0 Å². The first kappa shape index (κ1) is 21.7. The maximum absolute atomic E-state index is 12.6. The Bertz CT molecular complexity index is 902. The number of ether oxygens (including phenoxy) is 1. The monoisotopic (exact) mass is 410 g/mol. The summed E-state index contributed by atoms with van der Waals surface area (Å²) in [6.07, 6.45) is 1.18. The fourth-order valence-corrected chi connectivity index (χ4v) is 3.57. The van der Waals surface area contributed by atoms with Gasteiger partial charge in [-0.25, -0.2) is 0 Å². The molecule has 0 unspecified atom stereocenters. The van der Waals surface area contributed by atoms with Crippen molar-refractivity contribution >= 4 is 17.5 Å². The van der Waals surface area contributed by atoms with Gasteiger partial charge in [-0.15, -0.1) is 0 Å². The molecule has 2 aromatic rings. The normalized spacial score (nSPS) is 14.6. The number of hydrogen-bond acceptors (Lipinski definition) is 4. The van der Waals surface area contributed by atoms with Gasteiger partial charge in [0.2, 0.25) is 5.91 Å². The Morgan fingerprint density at radius 3 is 2.53 bits per heavy atom. The molecule has 1 aliphatic rings. The quantitative estimate of drug-likeness (QED) is 0.704. The molecule has 0 aliphatic carbocycles. The van der Waals surface area contributed by atoms with Crippen LogP contribution in [0.25, 0.3) is 0 Å². The number of nitrogens with zero attached hydrogens (tertiary/aromatic N) is 1. The molecule has 30 heavy (non-hydrogen) atoms. The first-order valence-corrected chi connectivity index (χ1v) is 10.4. The third kappa shape index (κ3) is 5.32. The molecule has 0 aromatic heterocycles. The van der Waals surface area contributed by atoms with Crippen molar-refractivity contribution in [1.29, 1.82) is 0 Å². The van der Waals surface area contributed by atoms with Crippen LogP contribution in [-0.2, 0) is 9.59 Å². The molecule has 0 saturated carbocycles. The highest BCUT2D eigenvalue weighted by molar-refractivity contribution is 5.94. The number of hydrogen-bond donors (Lipinski definition) is 2. The van der Waals surface area contributed by atoms with Gasteiger partial charge in [-0.3, -0.25) is 9.59 Å². The number of benzene rings is 2. The van der Waals surface area contributed by atoms with Crippen molar-refractivity contribution in [2.45, 2.75) is 39.5 Å². The molecule has 1 heterocycles. The average Bonchev–Trinajstić information content (AvgIpc) is 2.74. The van der Waals surface area contributed by atoms with E-state index in [1.165, 1.54) is 11.6 Å². The minimum Gasteiger partial charge on any atom is -0.506 e. The van der Waals surface area contributed by atoms with Crippen LogP contribution in [0.5, 0.6) is 11.5 Å². The molecule has 0 bridgehead atoms. The molecule has 1 saturated heterocycles. The van der Waals surface area contributed by atoms with Crippen LogP contribution in [0.4, 0.5) is 5.69 Å². The summed E-state index contributed by atoms with van der Waals surface area (Å²) in [6, 6.07) is 12.8. The fourth-order valence-electron chi connectivity index (χ4n) is 3.57. The lowest BCUT2D eigenvalue weighted by Crippen LogP contribution is -2.43. The number of anilines is 1. The third-order valence-electron chi connectivity index (χ3n) is 5.61. The van der Waals surface area contributed by atoms with Crippen LogP contribution in [0.15, 0.2) is 42.5 Å². The number of piperidine rings is 1. The van der Waals surface area contributed by atoms with Crippen LogP contribution in [0.2, 0.25) is 0 Å². The highest BCUT2D eigenvalue weighted by atomic mass is 16.5. The van der Waals surface area contributed by atoms with Gasteiger partial charge in [-0.2, -0.15) is 0 Å². The molecule has 2 aromatic carbocycles. The number of aryl methyl sites for hydroxylation is 1. The van der Waals surface area contributed by atoms with Crippen LogP contribution in [-0.4, -0.2) is 41.5 Å². The standard InChI is InChI=1S/C24H30N2O4/c1-16(2)19-9-8-17(3)22(14-19)30-15-23(28)26-12-10-18(11-13-26)24(29)25-20-6-4-5-7-21(20)27/h4-9,14,16,18,27H,10-13,15H2,1-3H3,(H,25,29). The molecule has 1 fully saturated rings. The average molecular weight is 411 g/mol. The van der Waals surface area contributed by atoms with Gasteiger partial charge in [-0.05, 0) is 55.0 Å². The lowest BCUT2D eigenvalue weighted by atomic mass is 9.95. The van der Waals surface area contributed by atoms with Crippen LogP contribution in [0.1, 0.15) is 43.7 Å². The van der Waals surface area contributed by atoms with Gasteiger partial charge in [0.05, 0.1) is 5.69 Å². The summed E-state index contributed by atoms with van der Waals surface area (Å²) in [6.45, 7) is 7.26. The molecule has 0 radical (unpaired) electrons. The number of phenols is 1. The van der Waals surface area contributed by atoms with Gasteiger partial charge in [0.1, 0.15) is 11.5 Å². The van der Waals surface area contributed by atoms with Crippen LogP contribution < -0.4 is 10.1 Å². The second kappa shape index (κ2) is 9.65. The highest BCUT2D eigenvalue weighted by Crippen LogP contribution is 2.26. The summed E-state index contributed by atoms with van der Waals surface area (Å²) in [7, 11) is 0. The molecule has 6 heteroatoms. The molecule has 3 rings (SSSR count). The van der Waals surface area contributed by atoms with E-state index in [1.807, 2.05) is 19.1 Å². The number of para-hydroxylation sites is 2. The van der Waals surface area contributed by atoms with Crippen LogP contribution >= 0.6 is 0 Å².